The highest BCUT2D eigenvalue weighted by molar-refractivity contribution is 6.74. The van der Waals surface area contributed by atoms with Crippen molar-refractivity contribution in [1.82, 2.24) is 0 Å². The molecule has 5 heterocycles. The average molecular weight is 729 g/mol. The summed E-state index contributed by atoms with van der Waals surface area (Å²) in [6, 6.07) is 18.6. The van der Waals surface area contributed by atoms with Crippen molar-refractivity contribution < 1.29 is 56.6 Å². The third kappa shape index (κ3) is 7.72. The first kappa shape index (κ1) is 37.1. The fourth-order valence-electron chi connectivity index (χ4n) is 7.02. The molecule has 280 valence electrons. The van der Waals surface area contributed by atoms with Crippen LogP contribution in [-0.4, -0.2) is 100 Å². The molecule has 0 bridgehead atoms. The molecule has 13 heteroatoms. The molecular formula is C38H52O12Si. The van der Waals surface area contributed by atoms with Crippen molar-refractivity contribution in [3.05, 3.63) is 71.8 Å². The van der Waals surface area contributed by atoms with E-state index in [1.54, 1.807) is 24.3 Å². The summed E-state index contributed by atoms with van der Waals surface area (Å²) in [5.74, 6) is -2.23. The Balaban J connectivity index is 1.20. The Kier molecular flexibility index (Phi) is 10.1. The summed E-state index contributed by atoms with van der Waals surface area (Å²) in [7, 11) is -2.54. The zero-order valence-corrected chi connectivity index (χ0v) is 31.9. The van der Waals surface area contributed by atoms with Gasteiger partial charge in [0.2, 0.25) is 0 Å². The summed E-state index contributed by atoms with van der Waals surface area (Å²) in [6.45, 7) is 18.4. The topological polar surface area (TPSA) is 119 Å². The number of esters is 1. The van der Waals surface area contributed by atoms with Gasteiger partial charge >= 0.3 is 5.97 Å². The fraction of sp³-hybridized carbons (Fsp3) is 0.658. The van der Waals surface area contributed by atoms with Crippen LogP contribution in [0.25, 0.3) is 0 Å². The lowest BCUT2D eigenvalue weighted by Crippen LogP contribution is -2.66. The zero-order valence-electron chi connectivity index (χ0n) is 30.9. The third-order valence-corrected chi connectivity index (χ3v) is 15.0. The van der Waals surface area contributed by atoms with Crippen molar-refractivity contribution >= 4 is 14.3 Å². The molecule has 0 aliphatic carbocycles. The van der Waals surface area contributed by atoms with Gasteiger partial charge in [-0.25, -0.2) is 4.79 Å². The Hall–Kier alpha value is -2.27. The summed E-state index contributed by atoms with van der Waals surface area (Å²) >= 11 is 0. The second-order valence-electron chi connectivity index (χ2n) is 16.3. The first-order valence-corrected chi connectivity index (χ1v) is 20.8. The van der Waals surface area contributed by atoms with Crippen molar-refractivity contribution in [3.8, 4) is 0 Å². The van der Waals surface area contributed by atoms with E-state index in [-0.39, 0.29) is 18.3 Å². The van der Waals surface area contributed by atoms with Crippen molar-refractivity contribution in [1.29, 1.82) is 0 Å². The average Bonchev–Trinajstić information content (AvgIpc) is 3.58. The summed E-state index contributed by atoms with van der Waals surface area (Å²) in [5, 5.41) is -0.187. The predicted molar refractivity (Wildman–Crippen MR) is 185 cm³/mol. The maximum absolute atomic E-state index is 13.8. The first-order chi connectivity index (χ1) is 24.0. The van der Waals surface area contributed by atoms with Gasteiger partial charge in [-0.3, -0.25) is 0 Å². The Morgan fingerprint density at radius 1 is 0.784 bits per heavy atom. The van der Waals surface area contributed by atoms with Gasteiger partial charge < -0.3 is 51.8 Å². The van der Waals surface area contributed by atoms with E-state index in [0.717, 1.165) is 5.56 Å². The largest absolute Gasteiger partial charge is 0.453 e. The minimum Gasteiger partial charge on any atom is -0.453 e. The minimum atomic E-state index is -2.54. The van der Waals surface area contributed by atoms with Crippen LogP contribution in [0.3, 0.4) is 0 Å². The number of ether oxygens (including phenoxy) is 10. The van der Waals surface area contributed by atoms with E-state index >= 15 is 0 Å². The maximum Gasteiger partial charge on any atom is 0.338 e. The molecule has 51 heavy (non-hydrogen) atoms. The highest BCUT2D eigenvalue weighted by Crippen LogP contribution is 2.46. The van der Waals surface area contributed by atoms with E-state index in [9.17, 15) is 4.79 Å². The van der Waals surface area contributed by atoms with Gasteiger partial charge in [-0.15, -0.1) is 0 Å². The van der Waals surface area contributed by atoms with E-state index in [1.807, 2.05) is 64.1 Å². The molecule has 12 nitrogen and oxygen atoms in total. The second kappa shape index (κ2) is 13.9. The number of hydrogen-bond donors (Lipinski definition) is 0. The van der Waals surface area contributed by atoms with Crippen molar-refractivity contribution in [2.24, 2.45) is 0 Å². The van der Waals surface area contributed by atoms with Crippen LogP contribution in [0.2, 0.25) is 18.1 Å². The van der Waals surface area contributed by atoms with E-state index in [1.165, 1.54) is 0 Å². The molecule has 0 saturated carbocycles. The molecule has 2 aromatic rings. The van der Waals surface area contributed by atoms with Gasteiger partial charge in [0.05, 0.1) is 18.8 Å². The SMILES string of the molecule is CC1(C)O[C@H]2[C@@H](O1)[C@@H](CO[C@H]1O[C@@H]3CO[C@@H](c4ccccc4)O[C@H]3[C@H](OC(=O)c3ccccc3)[C@@H]1O[Si](C)(C)C(C)(C)C)O[C@@H]1OC(C)(C)O[C@@H]12. The van der Waals surface area contributed by atoms with E-state index in [4.69, 9.17) is 51.8 Å². The Labute approximate surface area is 301 Å². The molecule has 0 spiro atoms. The molecule has 5 aliphatic rings. The lowest BCUT2D eigenvalue weighted by molar-refractivity contribution is -0.362. The standard InChI is InChI=1S/C38H52O12Si/c1-36(2,3)51(8,9)50-31-28(44-32(39)22-16-12-10-13-17-22)26-24(20-40-33(45-26)23-18-14-11-15-19-23)42-34(31)41-21-25-27-29(47-37(4,5)46-27)30-35(43-25)49-38(6,7)48-30/h10-19,24-31,33-35H,20-21H2,1-9H3/t24-,25-,26-,27+,28+,29+,30-,31+,33-,34+,35-/m1/s1. The Morgan fingerprint density at radius 3 is 2.10 bits per heavy atom. The normalized spacial score (nSPS) is 37.2. The van der Waals surface area contributed by atoms with E-state index < -0.39 is 93.6 Å². The number of carbonyl (C=O) groups is 1. The smallest absolute Gasteiger partial charge is 0.338 e. The molecule has 2 aromatic carbocycles. The highest BCUT2D eigenvalue weighted by Gasteiger charge is 2.61. The van der Waals surface area contributed by atoms with Crippen LogP contribution in [0.1, 0.15) is 70.7 Å². The zero-order chi connectivity index (χ0) is 36.3. The number of benzene rings is 2. The quantitative estimate of drug-likeness (QED) is 0.240. The van der Waals surface area contributed by atoms with Crippen LogP contribution in [0.5, 0.6) is 0 Å². The first-order valence-electron chi connectivity index (χ1n) is 17.9. The van der Waals surface area contributed by atoms with Gasteiger partial charge in [-0.1, -0.05) is 69.3 Å². The summed E-state index contributed by atoms with van der Waals surface area (Å²) in [6.07, 6.45) is -7.51. The highest BCUT2D eigenvalue weighted by atomic mass is 28.4. The molecule has 7 rings (SSSR count). The number of hydrogen-bond acceptors (Lipinski definition) is 12. The molecule has 5 aliphatic heterocycles. The fourth-order valence-corrected chi connectivity index (χ4v) is 8.30. The molecule has 11 atom stereocenters. The van der Waals surface area contributed by atoms with E-state index in [0.29, 0.717) is 5.56 Å². The summed E-state index contributed by atoms with van der Waals surface area (Å²) < 4.78 is 71.1. The Morgan fingerprint density at radius 2 is 1.41 bits per heavy atom. The van der Waals surface area contributed by atoms with Crippen LogP contribution in [0, 0.1) is 0 Å². The molecular weight excluding hydrogens is 676 g/mol. The van der Waals surface area contributed by atoms with Gasteiger partial charge in [0, 0.05) is 5.56 Å². The number of carbonyl (C=O) groups excluding carboxylic acids is 1. The summed E-state index contributed by atoms with van der Waals surface area (Å²) in [5.41, 5.74) is 1.25. The van der Waals surface area contributed by atoms with Gasteiger partial charge in [0.15, 0.2) is 44.9 Å². The number of rotatable bonds is 8. The van der Waals surface area contributed by atoms with Crippen molar-refractivity contribution in [3.63, 3.8) is 0 Å². The van der Waals surface area contributed by atoms with Crippen molar-refractivity contribution in [2.75, 3.05) is 13.2 Å². The molecule has 5 fully saturated rings. The molecule has 0 radical (unpaired) electrons. The van der Waals surface area contributed by atoms with Gasteiger partial charge in [-0.05, 0) is 58.0 Å². The van der Waals surface area contributed by atoms with Gasteiger partial charge in [0.1, 0.15) is 42.7 Å². The van der Waals surface area contributed by atoms with Gasteiger partial charge in [-0.2, -0.15) is 0 Å². The molecule has 0 N–H and O–H groups in total. The van der Waals surface area contributed by atoms with Crippen LogP contribution in [-0.2, 0) is 51.8 Å². The predicted octanol–water partition coefficient (Wildman–Crippen LogP) is 5.85. The number of fused-ring (bicyclic) bond motifs is 4. The minimum absolute atomic E-state index is 0.0424. The second-order valence-corrected chi connectivity index (χ2v) is 21.1. The van der Waals surface area contributed by atoms with Crippen LogP contribution in [0.15, 0.2) is 60.7 Å². The maximum atomic E-state index is 13.8. The molecule has 5 saturated heterocycles. The summed E-state index contributed by atoms with van der Waals surface area (Å²) in [4.78, 5) is 13.8. The monoisotopic (exact) mass is 728 g/mol. The van der Waals surface area contributed by atoms with Gasteiger partial charge in [0.25, 0.3) is 0 Å². The third-order valence-electron chi connectivity index (χ3n) is 10.5. The van der Waals surface area contributed by atoms with Crippen LogP contribution < -0.4 is 0 Å². The lowest BCUT2D eigenvalue weighted by atomic mass is 9.97. The molecule has 0 amide bonds. The van der Waals surface area contributed by atoms with Crippen LogP contribution >= 0.6 is 0 Å². The van der Waals surface area contributed by atoms with Crippen molar-refractivity contribution in [2.45, 2.75) is 146 Å². The lowest BCUT2D eigenvalue weighted by Gasteiger charge is -2.51. The van der Waals surface area contributed by atoms with E-state index in [2.05, 4.69) is 33.9 Å². The molecule has 0 aromatic heterocycles. The molecule has 0 unspecified atom stereocenters. The Bertz CT molecular complexity index is 1510. The van der Waals surface area contributed by atoms with Crippen LogP contribution in [0.4, 0.5) is 0 Å².